The lowest BCUT2D eigenvalue weighted by atomic mass is 10.0. The standard InChI is InChI=1S/C23H29N3O4/c1-3-28-19-7-4-17(5-8-19)23(27)24-15-20(26-12-10-25(2)11-13-26)18-6-9-21-22(14-18)30-16-29-21/h4-9,14,20H,3,10-13,15-16H2,1-2H3,(H,24,27)/t20-/m1/s1. The number of amides is 1. The van der Waals surface area contributed by atoms with Crippen molar-refractivity contribution in [3.05, 3.63) is 53.6 Å². The number of hydrogen-bond acceptors (Lipinski definition) is 6. The van der Waals surface area contributed by atoms with Crippen molar-refractivity contribution in [1.29, 1.82) is 0 Å². The number of carbonyl (C=O) groups is 1. The lowest BCUT2D eigenvalue weighted by Crippen LogP contribution is -2.48. The average molecular weight is 412 g/mol. The second-order valence-corrected chi connectivity index (χ2v) is 7.64. The molecule has 2 aliphatic heterocycles. The third-order valence-corrected chi connectivity index (χ3v) is 5.64. The van der Waals surface area contributed by atoms with Crippen LogP contribution < -0.4 is 19.5 Å². The number of nitrogens with one attached hydrogen (secondary N) is 1. The highest BCUT2D eigenvalue weighted by molar-refractivity contribution is 5.94. The first-order chi connectivity index (χ1) is 14.6. The Kier molecular flexibility index (Phi) is 6.40. The minimum Gasteiger partial charge on any atom is -0.494 e. The lowest BCUT2D eigenvalue weighted by molar-refractivity contribution is 0.0886. The fourth-order valence-electron chi connectivity index (χ4n) is 3.87. The smallest absolute Gasteiger partial charge is 0.251 e. The highest BCUT2D eigenvalue weighted by atomic mass is 16.7. The first-order valence-electron chi connectivity index (χ1n) is 10.5. The van der Waals surface area contributed by atoms with E-state index in [-0.39, 0.29) is 18.7 Å². The minimum atomic E-state index is -0.0853. The van der Waals surface area contributed by atoms with Crippen LogP contribution in [0, 0.1) is 0 Å². The van der Waals surface area contributed by atoms with Crippen LogP contribution in [0.1, 0.15) is 28.9 Å². The Morgan fingerprint density at radius 2 is 1.80 bits per heavy atom. The first-order valence-corrected chi connectivity index (χ1v) is 10.5. The van der Waals surface area contributed by atoms with Gasteiger partial charge in [0.05, 0.1) is 12.6 Å². The van der Waals surface area contributed by atoms with E-state index in [4.69, 9.17) is 14.2 Å². The van der Waals surface area contributed by atoms with Gasteiger partial charge in [0.25, 0.3) is 5.91 Å². The molecule has 2 aromatic rings. The summed E-state index contributed by atoms with van der Waals surface area (Å²) in [7, 11) is 2.14. The van der Waals surface area contributed by atoms with Gasteiger partial charge in [0.15, 0.2) is 11.5 Å². The number of benzene rings is 2. The molecular formula is C23H29N3O4. The van der Waals surface area contributed by atoms with Gasteiger partial charge >= 0.3 is 0 Å². The molecule has 2 aliphatic rings. The number of likely N-dealkylation sites (N-methyl/N-ethyl adjacent to an activating group) is 1. The molecule has 0 bridgehead atoms. The van der Waals surface area contributed by atoms with Gasteiger partial charge in [-0.3, -0.25) is 9.69 Å². The maximum absolute atomic E-state index is 12.7. The van der Waals surface area contributed by atoms with Gasteiger partial charge in [0, 0.05) is 38.3 Å². The number of rotatable bonds is 7. The maximum atomic E-state index is 12.7. The van der Waals surface area contributed by atoms with Crippen molar-refractivity contribution in [2.45, 2.75) is 13.0 Å². The normalized spacial score (nSPS) is 17.5. The van der Waals surface area contributed by atoms with Crippen molar-refractivity contribution in [1.82, 2.24) is 15.1 Å². The van der Waals surface area contributed by atoms with Crippen LogP contribution in [0.2, 0.25) is 0 Å². The Balaban J connectivity index is 1.47. The molecule has 0 aliphatic carbocycles. The number of carbonyl (C=O) groups excluding carboxylic acids is 1. The largest absolute Gasteiger partial charge is 0.494 e. The zero-order chi connectivity index (χ0) is 20.9. The highest BCUT2D eigenvalue weighted by Gasteiger charge is 2.26. The highest BCUT2D eigenvalue weighted by Crippen LogP contribution is 2.35. The predicted molar refractivity (Wildman–Crippen MR) is 114 cm³/mol. The zero-order valence-electron chi connectivity index (χ0n) is 17.6. The van der Waals surface area contributed by atoms with Gasteiger partial charge in [-0.05, 0) is 55.9 Å². The molecule has 2 heterocycles. The fourth-order valence-corrected chi connectivity index (χ4v) is 3.87. The van der Waals surface area contributed by atoms with E-state index in [0.29, 0.717) is 18.7 Å². The van der Waals surface area contributed by atoms with Gasteiger partial charge in [0.1, 0.15) is 5.75 Å². The van der Waals surface area contributed by atoms with E-state index >= 15 is 0 Å². The Morgan fingerprint density at radius 1 is 1.07 bits per heavy atom. The summed E-state index contributed by atoms with van der Waals surface area (Å²) in [5, 5.41) is 3.12. The summed E-state index contributed by atoms with van der Waals surface area (Å²) < 4.78 is 16.5. The molecule has 30 heavy (non-hydrogen) atoms. The maximum Gasteiger partial charge on any atom is 0.251 e. The summed E-state index contributed by atoms with van der Waals surface area (Å²) in [5.74, 6) is 2.22. The molecule has 160 valence electrons. The number of nitrogens with zero attached hydrogens (tertiary/aromatic N) is 2. The summed E-state index contributed by atoms with van der Waals surface area (Å²) in [4.78, 5) is 17.5. The molecular weight excluding hydrogens is 382 g/mol. The van der Waals surface area contributed by atoms with Gasteiger partial charge in [-0.2, -0.15) is 0 Å². The van der Waals surface area contributed by atoms with Crippen LogP contribution in [0.5, 0.6) is 17.2 Å². The van der Waals surface area contributed by atoms with Crippen LogP contribution in [0.25, 0.3) is 0 Å². The van der Waals surface area contributed by atoms with Gasteiger partial charge in [-0.15, -0.1) is 0 Å². The molecule has 7 heteroatoms. The van der Waals surface area contributed by atoms with Crippen LogP contribution in [0.4, 0.5) is 0 Å². The van der Waals surface area contributed by atoms with E-state index in [0.717, 1.165) is 49.0 Å². The van der Waals surface area contributed by atoms with E-state index in [9.17, 15) is 4.79 Å². The molecule has 0 saturated carbocycles. The second-order valence-electron chi connectivity index (χ2n) is 7.64. The van der Waals surface area contributed by atoms with E-state index in [1.165, 1.54) is 0 Å². The molecule has 2 aromatic carbocycles. The van der Waals surface area contributed by atoms with Crippen LogP contribution >= 0.6 is 0 Å². The monoisotopic (exact) mass is 411 g/mol. The molecule has 4 rings (SSSR count). The molecule has 1 amide bonds. The Morgan fingerprint density at radius 3 is 2.53 bits per heavy atom. The van der Waals surface area contributed by atoms with Crippen LogP contribution in [0.15, 0.2) is 42.5 Å². The Labute approximate surface area is 177 Å². The van der Waals surface area contributed by atoms with Gasteiger partial charge in [-0.25, -0.2) is 0 Å². The number of piperazine rings is 1. The predicted octanol–water partition coefficient (Wildman–Crippen LogP) is 2.53. The minimum absolute atomic E-state index is 0.0693. The van der Waals surface area contributed by atoms with Gasteiger partial charge in [0.2, 0.25) is 6.79 Å². The molecule has 0 radical (unpaired) electrons. The van der Waals surface area contributed by atoms with Crippen molar-refractivity contribution in [2.75, 3.05) is 53.2 Å². The Hall–Kier alpha value is -2.77. The van der Waals surface area contributed by atoms with Gasteiger partial charge < -0.3 is 24.4 Å². The van der Waals surface area contributed by atoms with Crippen LogP contribution in [0.3, 0.4) is 0 Å². The fraction of sp³-hybridized carbons (Fsp3) is 0.435. The van der Waals surface area contributed by atoms with Crippen molar-refractivity contribution >= 4 is 5.91 Å². The number of ether oxygens (including phenoxy) is 3. The number of hydrogen-bond donors (Lipinski definition) is 1. The molecule has 0 spiro atoms. The Bertz CT molecular complexity index is 863. The first kappa shape index (κ1) is 20.5. The molecule has 1 saturated heterocycles. The molecule has 1 N–H and O–H groups in total. The average Bonchev–Trinajstić information content (AvgIpc) is 3.24. The summed E-state index contributed by atoms with van der Waals surface area (Å²) >= 11 is 0. The van der Waals surface area contributed by atoms with Crippen LogP contribution in [-0.4, -0.2) is 68.9 Å². The second kappa shape index (κ2) is 9.36. The number of fused-ring (bicyclic) bond motifs is 1. The van der Waals surface area contributed by atoms with E-state index < -0.39 is 0 Å². The summed E-state index contributed by atoms with van der Waals surface area (Å²) in [5.41, 5.74) is 1.75. The van der Waals surface area contributed by atoms with Crippen LogP contribution in [-0.2, 0) is 0 Å². The van der Waals surface area contributed by atoms with E-state index in [1.807, 2.05) is 31.2 Å². The molecule has 0 unspecified atom stereocenters. The third-order valence-electron chi connectivity index (χ3n) is 5.64. The molecule has 1 atom stereocenters. The summed E-state index contributed by atoms with van der Waals surface area (Å²) in [6.45, 7) is 7.25. The SMILES string of the molecule is CCOc1ccc(C(=O)NC[C@H](c2ccc3c(c2)OCO3)N2CCN(C)CC2)cc1. The quantitative estimate of drug-likeness (QED) is 0.756. The van der Waals surface area contributed by atoms with Gasteiger partial charge in [-0.1, -0.05) is 6.07 Å². The zero-order valence-corrected chi connectivity index (χ0v) is 17.6. The lowest BCUT2D eigenvalue weighted by Gasteiger charge is -2.38. The van der Waals surface area contributed by atoms with Crippen molar-refractivity contribution < 1.29 is 19.0 Å². The van der Waals surface area contributed by atoms with Crippen molar-refractivity contribution in [2.24, 2.45) is 0 Å². The summed E-state index contributed by atoms with van der Waals surface area (Å²) in [6.07, 6.45) is 0. The van der Waals surface area contributed by atoms with Crippen molar-refractivity contribution in [3.63, 3.8) is 0 Å². The van der Waals surface area contributed by atoms with E-state index in [2.05, 4.69) is 28.2 Å². The molecule has 1 fully saturated rings. The molecule has 7 nitrogen and oxygen atoms in total. The summed E-state index contributed by atoms with van der Waals surface area (Å²) in [6, 6.07) is 13.4. The molecule has 0 aromatic heterocycles. The topological polar surface area (TPSA) is 63.3 Å². The van der Waals surface area contributed by atoms with E-state index in [1.54, 1.807) is 12.1 Å². The third kappa shape index (κ3) is 4.68. The van der Waals surface area contributed by atoms with Crippen molar-refractivity contribution in [3.8, 4) is 17.2 Å².